The van der Waals surface area contributed by atoms with Crippen molar-refractivity contribution in [3.8, 4) is 11.5 Å². The van der Waals surface area contributed by atoms with Crippen molar-refractivity contribution in [3.05, 3.63) is 77.5 Å². The molecule has 4 rings (SSSR count). The topological polar surface area (TPSA) is 114 Å². The molecule has 1 aliphatic heterocycles. The van der Waals surface area contributed by atoms with Crippen molar-refractivity contribution in [1.82, 2.24) is 15.3 Å². The molecule has 9 nitrogen and oxygen atoms in total. The fourth-order valence-electron chi connectivity index (χ4n) is 4.00. The number of carboxylic acids is 1. The van der Waals surface area contributed by atoms with Crippen molar-refractivity contribution in [2.24, 2.45) is 0 Å². The molecule has 2 aromatic heterocycles. The van der Waals surface area contributed by atoms with Crippen molar-refractivity contribution in [3.63, 3.8) is 0 Å². The highest BCUT2D eigenvalue weighted by atomic mass is 19.1. The molecule has 3 aromatic rings. The summed E-state index contributed by atoms with van der Waals surface area (Å²) in [7, 11) is 0. The number of carboxylic acid groups (broad SMARTS) is 1. The van der Waals surface area contributed by atoms with Crippen LogP contribution in [0, 0.1) is 5.82 Å². The number of amides is 1. The standard InChI is InChI=1S/C26H27FN4O5/c1-2-35-22-7-3-4-8-23(22)36-19-6-5-11-31(16-19)24-20(27)13-18(15-29-24)25(32)30-14-17-9-10-28-21(12-17)26(33)34/h3-4,7-10,12-13,15,19H,2,5-6,11,14,16H2,1H3,(H,30,32)(H,33,34). The number of carbonyl (C=O) groups excluding carboxylic acids is 1. The number of nitrogens with zero attached hydrogens (tertiary/aromatic N) is 3. The molecule has 1 unspecified atom stereocenters. The molecule has 188 valence electrons. The maximum absolute atomic E-state index is 15.0. The average Bonchev–Trinajstić information content (AvgIpc) is 2.89. The quantitative estimate of drug-likeness (QED) is 0.463. The summed E-state index contributed by atoms with van der Waals surface area (Å²) >= 11 is 0. The Balaban J connectivity index is 1.39. The Morgan fingerprint density at radius 1 is 1.19 bits per heavy atom. The molecule has 1 fully saturated rings. The lowest BCUT2D eigenvalue weighted by Gasteiger charge is -2.34. The predicted octanol–water partition coefficient (Wildman–Crippen LogP) is 3.69. The number of anilines is 1. The fraction of sp³-hybridized carbons (Fsp3) is 0.308. The highest BCUT2D eigenvalue weighted by Gasteiger charge is 2.26. The summed E-state index contributed by atoms with van der Waals surface area (Å²) in [6.07, 6.45) is 4.14. The number of halogens is 1. The van der Waals surface area contributed by atoms with E-state index >= 15 is 0 Å². The van der Waals surface area contributed by atoms with E-state index in [0.29, 0.717) is 36.8 Å². The Kier molecular flexibility index (Phi) is 7.94. The van der Waals surface area contributed by atoms with Crippen LogP contribution in [0.4, 0.5) is 10.2 Å². The Morgan fingerprint density at radius 2 is 2.00 bits per heavy atom. The number of piperidine rings is 1. The summed E-state index contributed by atoms with van der Waals surface area (Å²) in [6.45, 7) is 3.57. The number of hydrogen-bond donors (Lipinski definition) is 2. The minimum Gasteiger partial charge on any atom is -0.490 e. The molecule has 1 amide bonds. The van der Waals surface area contributed by atoms with Gasteiger partial charge in [-0.3, -0.25) is 4.79 Å². The Hall–Kier alpha value is -4.21. The van der Waals surface area contributed by atoms with Crippen LogP contribution in [0.5, 0.6) is 11.5 Å². The van der Waals surface area contributed by atoms with Gasteiger partial charge in [-0.25, -0.2) is 19.2 Å². The Bertz CT molecular complexity index is 1240. The molecule has 1 aromatic carbocycles. The first-order chi connectivity index (χ1) is 17.4. The van der Waals surface area contributed by atoms with Gasteiger partial charge in [0.2, 0.25) is 0 Å². The van der Waals surface area contributed by atoms with Crippen molar-refractivity contribution in [2.45, 2.75) is 32.4 Å². The first-order valence-corrected chi connectivity index (χ1v) is 11.7. The average molecular weight is 495 g/mol. The van der Waals surface area contributed by atoms with Crippen molar-refractivity contribution in [2.75, 3.05) is 24.6 Å². The second-order valence-corrected chi connectivity index (χ2v) is 8.27. The van der Waals surface area contributed by atoms with Gasteiger partial charge in [0, 0.05) is 25.5 Å². The first kappa shape index (κ1) is 24.9. The van der Waals surface area contributed by atoms with Crippen molar-refractivity contribution < 1.29 is 28.6 Å². The zero-order valence-electron chi connectivity index (χ0n) is 19.8. The molecule has 1 saturated heterocycles. The number of hydrogen-bond acceptors (Lipinski definition) is 7. The zero-order valence-corrected chi connectivity index (χ0v) is 19.8. The summed E-state index contributed by atoms with van der Waals surface area (Å²) in [5, 5.41) is 11.7. The van der Waals surface area contributed by atoms with Crippen molar-refractivity contribution >= 4 is 17.7 Å². The van der Waals surface area contributed by atoms with Crippen LogP contribution in [0.2, 0.25) is 0 Å². The summed E-state index contributed by atoms with van der Waals surface area (Å²) in [6, 6.07) is 11.6. The van der Waals surface area contributed by atoms with Crippen LogP contribution in [0.3, 0.4) is 0 Å². The lowest BCUT2D eigenvalue weighted by molar-refractivity contribution is 0.0690. The Morgan fingerprint density at radius 3 is 2.75 bits per heavy atom. The molecule has 0 bridgehead atoms. The van der Waals surface area contributed by atoms with Gasteiger partial charge < -0.3 is 24.8 Å². The minimum absolute atomic E-state index is 0.0687. The summed E-state index contributed by atoms with van der Waals surface area (Å²) in [5.74, 6) is -0.796. The van der Waals surface area contributed by atoms with E-state index in [1.807, 2.05) is 36.1 Å². The predicted molar refractivity (Wildman–Crippen MR) is 130 cm³/mol. The van der Waals surface area contributed by atoms with Gasteiger partial charge in [-0.05, 0) is 55.7 Å². The molecular formula is C26H27FN4O5. The van der Waals surface area contributed by atoms with Gasteiger partial charge in [-0.1, -0.05) is 12.1 Å². The van der Waals surface area contributed by atoms with Gasteiger partial charge in [-0.2, -0.15) is 0 Å². The summed E-state index contributed by atoms with van der Waals surface area (Å²) in [4.78, 5) is 33.4. The van der Waals surface area contributed by atoms with Gasteiger partial charge in [0.15, 0.2) is 23.1 Å². The van der Waals surface area contributed by atoms with E-state index in [-0.39, 0.29) is 29.7 Å². The first-order valence-electron chi connectivity index (χ1n) is 11.7. The maximum atomic E-state index is 15.0. The normalized spacial score (nSPS) is 15.3. The summed E-state index contributed by atoms with van der Waals surface area (Å²) in [5.41, 5.74) is 0.509. The zero-order chi connectivity index (χ0) is 25.5. The van der Waals surface area contributed by atoms with Crippen molar-refractivity contribution in [1.29, 1.82) is 0 Å². The minimum atomic E-state index is -1.16. The molecular weight excluding hydrogens is 467 g/mol. The highest BCUT2D eigenvalue weighted by molar-refractivity contribution is 5.94. The van der Waals surface area contributed by atoms with Gasteiger partial charge in [-0.15, -0.1) is 0 Å². The second kappa shape index (κ2) is 11.5. The molecule has 10 heteroatoms. The highest BCUT2D eigenvalue weighted by Crippen LogP contribution is 2.30. The number of nitrogens with one attached hydrogen (secondary N) is 1. The van der Waals surface area contributed by atoms with E-state index in [0.717, 1.165) is 18.9 Å². The number of pyridine rings is 2. The lowest BCUT2D eigenvalue weighted by atomic mass is 10.1. The van der Waals surface area contributed by atoms with Crippen LogP contribution < -0.4 is 19.7 Å². The second-order valence-electron chi connectivity index (χ2n) is 8.27. The molecule has 0 saturated carbocycles. The molecule has 0 spiro atoms. The van der Waals surface area contributed by atoms with E-state index in [1.54, 1.807) is 6.07 Å². The van der Waals surface area contributed by atoms with Gasteiger partial charge in [0.05, 0.1) is 18.7 Å². The molecule has 2 N–H and O–H groups in total. The monoisotopic (exact) mass is 494 g/mol. The van der Waals surface area contributed by atoms with E-state index < -0.39 is 17.7 Å². The number of rotatable bonds is 9. The van der Waals surface area contributed by atoms with Crippen LogP contribution in [-0.2, 0) is 6.54 Å². The maximum Gasteiger partial charge on any atom is 0.354 e. The number of benzene rings is 1. The third-order valence-corrected chi connectivity index (χ3v) is 5.70. The van der Waals surface area contributed by atoms with Crippen LogP contribution >= 0.6 is 0 Å². The molecule has 3 heterocycles. The van der Waals surface area contributed by atoms with Crippen LogP contribution in [-0.4, -0.2) is 52.8 Å². The van der Waals surface area contributed by atoms with E-state index in [9.17, 15) is 14.0 Å². The fourth-order valence-corrected chi connectivity index (χ4v) is 4.00. The third kappa shape index (κ3) is 6.07. The Labute approximate surface area is 207 Å². The van der Waals surface area contributed by atoms with Crippen LogP contribution in [0.1, 0.15) is 46.2 Å². The number of aromatic nitrogens is 2. The number of para-hydroxylation sites is 2. The lowest BCUT2D eigenvalue weighted by Crippen LogP contribution is -2.42. The summed E-state index contributed by atoms with van der Waals surface area (Å²) < 4.78 is 26.8. The van der Waals surface area contributed by atoms with E-state index in [4.69, 9.17) is 14.6 Å². The smallest absolute Gasteiger partial charge is 0.354 e. The van der Waals surface area contributed by atoms with Gasteiger partial charge in [0.1, 0.15) is 11.8 Å². The molecule has 0 aliphatic carbocycles. The van der Waals surface area contributed by atoms with E-state index in [2.05, 4.69) is 15.3 Å². The third-order valence-electron chi connectivity index (χ3n) is 5.70. The van der Waals surface area contributed by atoms with Crippen LogP contribution in [0.15, 0.2) is 54.9 Å². The van der Waals surface area contributed by atoms with Gasteiger partial charge >= 0.3 is 5.97 Å². The van der Waals surface area contributed by atoms with Gasteiger partial charge in [0.25, 0.3) is 5.91 Å². The molecule has 36 heavy (non-hydrogen) atoms. The SMILES string of the molecule is CCOc1ccccc1OC1CCCN(c2ncc(C(=O)NCc3ccnc(C(=O)O)c3)cc2F)C1. The molecule has 1 atom stereocenters. The molecule has 0 radical (unpaired) electrons. The number of ether oxygens (including phenoxy) is 2. The molecule has 1 aliphatic rings. The number of aromatic carboxylic acids is 1. The number of carbonyl (C=O) groups is 2. The van der Waals surface area contributed by atoms with E-state index in [1.165, 1.54) is 18.5 Å². The largest absolute Gasteiger partial charge is 0.490 e. The van der Waals surface area contributed by atoms with Crippen LogP contribution in [0.25, 0.3) is 0 Å².